The highest BCUT2D eigenvalue weighted by molar-refractivity contribution is 5.96. The van der Waals surface area contributed by atoms with Crippen molar-refractivity contribution in [3.8, 4) is 0 Å². The van der Waals surface area contributed by atoms with Crippen LogP contribution in [0.5, 0.6) is 0 Å². The first-order valence-electron chi connectivity index (χ1n) is 7.14. The standard InChI is InChI=1S/C17H18FN3O2/c1-11(17(23)21-16-5-3-13(18)4-6-16)19-14-7-9-15(10-8-14)20-12(2)22/h3-11,19H,1-2H3,(H,20,22)(H,21,23)/t11-/m0/s1. The Kier molecular flexibility index (Phi) is 5.30. The number of benzene rings is 2. The van der Waals surface area contributed by atoms with Crippen LogP contribution in [-0.2, 0) is 9.59 Å². The number of nitrogens with one attached hydrogen (secondary N) is 3. The lowest BCUT2D eigenvalue weighted by atomic mass is 10.2. The van der Waals surface area contributed by atoms with E-state index in [-0.39, 0.29) is 17.6 Å². The molecule has 0 saturated carbocycles. The molecule has 0 aliphatic rings. The van der Waals surface area contributed by atoms with E-state index in [1.807, 2.05) is 0 Å². The summed E-state index contributed by atoms with van der Waals surface area (Å²) < 4.78 is 12.8. The van der Waals surface area contributed by atoms with Gasteiger partial charge in [0, 0.05) is 24.0 Å². The third kappa shape index (κ3) is 5.10. The predicted molar refractivity (Wildman–Crippen MR) is 88.9 cm³/mol. The second-order valence-corrected chi connectivity index (χ2v) is 5.12. The Hall–Kier alpha value is -2.89. The molecule has 120 valence electrons. The first kappa shape index (κ1) is 16.5. The SMILES string of the molecule is CC(=O)Nc1ccc(N[C@@H](C)C(=O)Nc2ccc(F)cc2)cc1. The van der Waals surface area contributed by atoms with E-state index in [4.69, 9.17) is 0 Å². The largest absolute Gasteiger partial charge is 0.374 e. The molecule has 0 unspecified atom stereocenters. The molecule has 23 heavy (non-hydrogen) atoms. The highest BCUT2D eigenvalue weighted by atomic mass is 19.1. The van der Waals surface area contributed by atoms with E-state index >= 15 is 0 Å². The monoisotopic (exact) mass is 315 g/mol. The molecule has 2 amide bonds. The van der Waals surface area contributed by atoms with Crippen molar-refractivity contribution in [2.24, 2.45) is 0 Å². The van der Waals surface area contributed by atoms with Gasteiger partial charge in [-0.1, -0.05) is 0 Å². The minimum absolute atomic E-state index is 0.141. The first-order valence-corrected chi connectivity index (χ1v) is 7.14. The van der Waals surface area contributed by atoms with Gasteiger partial charge in [-0.3, -0.25) is 9.59 Å². The smallest absolute Gasteiger partial charge is 0.246 e. The van der Waals surface area contributed by atoms with Gasteiger partial charge in [-0.05, 0) is 55.5 Å². The molecule has 0 aliphatic heterocycles. The van der Waals surface area contributed by atoms with E-state index in [2.05, 4.69) is 16.0 Å². The van der Waals surface area contributed by atoms with Crippen molar-refractivity contribution in [1.82, 2.24) is 0 Å². The van der Waals surface area contributed by atoms with Crippen LogP contribution in [0.2, 0.25) is 0 Å². The third-order valence-corrected chi connectivity index (χ3v) is 3.09. The summed E-state index contributed by atoms with van der Waals surface area (Å²) in [6, 6.07) is 12.1. The average molecular weight is 315 g/mol. The molecular formula is C17H18FN3O2. The minimum Gasteiger partial charge on any atom is -0.374 e. The van der Waals surface area contributed by atoms with E-state index in [0.717, 1.165) is 5.69 Å². The van der Waals surface area contributed by atoms with Crippen LogP contribution in [0.4, 0.5) is 21.5 Å². The molecule has 0 aliphatic carbocycles. The maximum absolute atomic E-state index is 12.8. The molecule has 2 aromatic rings. The Morgan fingerprint density at radius 2 is 1.35 bits per heavy atom. The molecule has 0 spiro atoms. The lowest BCUT2D eigenvalue weighted by molar-refractivity contribution is -0.116. The number of hydrogen-bond acceptors (Lipinski definition) is 3. The minimum atomic E-state index is -0.480. The van der Waals surface area contributed by atoms with Gasteiger partial charge >= 0.3 is 0 Å². The average Bonchev–Trinajstić information content (AvgIpc) is 2.51. The van der Waals surface area contributed by atoms with Gasteiger partial charge in [0.15, 0.2) is 0 Å². The number of hydrogen-bond donors (Lipinski definition) is 3. The predicted octanol–water partition coefficient (Wildman–Crippen LogP) is 3.22. The Labute approximate surface area is 133 Å². The van der Waals surface area contributed by atoms with Gasteiger partial charge in [0.2, 0.25) is 11.8 Å². The van der Waals surface area contributed by atoms with Crippen molar-refractivity contribution < 1.29 is 14.0 Å². The van der Waals surface area contributed by atoms with Crippen LogP contribution in [-0.4, -0.2) is 17.9 Å². The van der Waals surface area contributed by atoms with Gasteiger partial charge in [-0.2, -0.15) is 0 Å². The van der Waals surface area contributed by atoms with E-state index in [0.29, 0.717) is 11.4 Å². The molecule has 0 aromatic heterocycles. The van der Waals surface area contributed by atoms with Gasteiger partial charge in [0.05, 0.1) is 0 Å². The maximum Gasteiger partial charge on any atom is 0.246 e. The summed E-state index contributed by atoms with van der Waals surface area (Å²) in [5, 5.41) is 8.43. The molecular weight excluding hydrogens is 297 g/mol. The van der Waals surface area contributed by atoms with Crippen LogP contribution >= 0.6 is 0 Å². The van der Waals surface area contributed by atoms with E-state index in [1.54, 1.807) is 31.2 Å². The molecule has 5 nitrogen and oxygen atoms in total. The molecule has 1 atom stereocenters. The summed E-state index contributed by atoms with van der Waals surface area (Å²) in [6.07, 6.45) is 0. The lowest BCUT2D eigenvalue weighted by Gasteiger charge is -2.15. The topological polar surface area (TPSA) is 70.2 Å². The Morgan fingerprint density at radius 1 is 0.870 bits per heavy atom. The fourth-order valence-corrected chi connectivity index (χ4v) is 1.95. The molecule has 2 rings (SSSR count). The molecule has 3 N–H and O–H groups in total. The summed E-state index contributed by atoms with van der Waals surface area (Å²) >= 11 is 0. The van der Waals surface area contributed by atoms with Gasteiger partial charge in [-0.15, -0.1) is 0 Å². The first-order chi connectivity index (χ1) is 10.9. The van der Waals surface area contributed by atoms with Crippen LogP contribution in [0.15, 0.2) is 48.5 Å². The van der Waals surface area contributed by atoms with Gasteiger partial charge < -0.3 is 16.0 Å². The van der Waals surface area contributed by atoms with Crippen LogP contribution in [0.25, 0.3) is 0 Å². The maximum atomic E-state index is 12.8. The highest BCUT2D eigenvalue weighted by Crippen LogP contribution is 2.15. The number of anilines is 3. The summed E-state index contributed by atoms with van der Waals surface area (Å²) in [6.45, 7) is 3.16. The van der Waals surface area contributed by atoms with Crippen molar-refractivity contribution in [2.75, 3.05) is 16.0 Å². The summed E-state index contributed by atoms with van der Waals surface area (Å²) in [5.41, 5.74) is 1.97. The molecule has 6 heteroatoms. The van der Waals surface area contributed by atoms with Crippen LogP contribution in [0, 0.1) is 5.82 Å². The number of carbonyl (C=O) groups excluding carboxylic acids is 2. The van der Waals surface area contributed by atoms with Crippen molar-refractivity contribution >= 4 is 28.9 Å². The number of rotatable bonds is 5. The zero-order valence-electron chi connectivity index (χ0n) is 12.9. The van der Waals surface area contributed by atoms with Crippen molar-refractivity contribution in [3.05, 3.63) is 54.3 Å². The van der Waals surface area contributed by atoms with Crippen molar-refractivity contribution in [1.29, 1.82) is 0 Å². The fraction of sp³-hybridized carbons (Fsp3) is 0.176. The molecule has 0 heterocycles. The second-order valence-electron chi connectivity index (χ2n) is 5.12. The van der Waals surface area contributed by atoms with Crippen LogP contribution < -0.4 is 16.0 Å². The molecule has 0 bridgehead atoms. The summed E-state index contributed by atoms with van der Waals surface area (Å²) in [4.78, 5) is 23.0. The van der Waals surface area contributed by atoms with E-state index in [9.17, 15) is 14.0 Å². The van der Waals surface area contributed by atoms with Gasteiger partial charge in [-0.25, -0.2) is 4.39 Å². The van der Waals surface area contributed by atoms with Crippen molar-refractivity contribution in [3.63, 3.8) is 0 Å². The number of amides is 2. The molecule has 0 radical (unpaired) electrons. The third-order valence-electron chi connectivity index (χ3n) is 3.09. The number of carbonyl (C=O) groups is 2. The Balaban J connectivity index is 1.92. The van der Waals surface area contributed by atoms with Crippen LogP contribution in [0.1, 0.15) is 13.8 Å². The van der Waals surface area contributed by atoms with Crippen LogP contribution in [0.3, 0.4) is 0 Å². The van der Waals surface area contributed by atoms with Gasteiger partial charge in [0.25, 0.3) is 0 Å². The van der Waals surface area contributed by atoms with Gasteiger partial charge in [0.1, 0.15) is 11.9 Å². The Morgan fingerprint density at radius 3 is 1.91 bits per heavy atom. The number of halogens is 1. The molecule has 0 saturated heterocycles. The van der Waals surface area contributed by atoms with E-state index in [1.165, 1.54) is 31.2 Å². The zero-order chi connectivity index (χ0) is 16.8. The fourth-order valence-electron chi connectivity index (χ4n) is 1.95. The second kappa shape index (κ2) is 7.40. The molecule has 0 fully saturated rings. The summed E-state index contributed by atoms with van der Waals surface area (Å²) in [5.74, 6) is -0.728. The highest BCUT2D eigenvalue weighted by Gasteiger charge is 2.12. The zero-order valence-corrected chi connectivity index (χ0v) is 12.9. The quantitative estimate of drug-likeness (QED) is 0.793. The van der Waals surface area contributed by atoms with E-state index < -0.39 is 6.04 Å². The molecule has 2 aromatic carbocycles. The Bertz CT molecular complexity index is 684. The lowest BCUT2D eigenvalue weighted by Crippen LogP contribution is -2.31. The normalized spacial score (nSPS) is 11.4. The van der Waals surface area contributed by atoms with Crippen molar-refractivity contribution in [2.45, 2.75) is 19.9 Å². The summed E-state index contributed by atoms with van der Waals surface area (Å²) in [7, 11) is 0.